The molecule has 0 radical (unpaired) electrons. The number of hydrogen-bond acceptors (Lipinski definition) is 1. The molecule has 0 N–H and O–H groups in total. The van der Waals surface area contributed by atoms with Gasteiger partial charge in [0.05, 0.1) is 0 Å². The molecule has 0 aliphatic carbocycles. The van der Waals surface area contributed by atoms with E-state index in [2.05, 4.69) is 24.2 Å². The van der Waals surface area contributed by atoms with Crippen molar-refractivity contribution < 1.29 is 21.3 Å². The molecule has 0 aliphatic rings. The molecule has 1 nitrogen and oxygen atoms in total. The molecule has 0 heterocycles. The van der Waals surface area contributed by atoms with Gasteiger partial charge >= 0.3 is 51.6 Å². The zero-order chi connectivity index (χ0) is 5.15. The summed E-state index contributed by atoms with van der Waals surface area (Å²) in [5.74, 6) is 0. The molecule has 0 unspecified atom stereocenters. The van der Waals surface area contributed by atoms with Gasteiger partial charge in [-0.25, -0.2) is 0 Å². The van der Waals surface area contributed by atoms with Gasteiger partial charge in [0.2, 0.25) is 0 Å². The normalized spacial score (nSPS) is 10.8. The first kappa shape index (κ1) is 6.70. The molecular weight excluding hydrogens is 243 g/mol. The third-order valence-corrected chi connectivity index (χ3v) is 2.41. The molecule has 0 spiro atoms. The molecule has 36 valence electrons. The molecule has 0 fully saturated rings. The fraction of sp³-hybridized carbons (Fsp3) is 1.00. The Balaban J connectivity index is 2.99. The van der Waals surface area contributed by atoms with Gasteiger partial charge in [0.15, 0.2) is 0 Å². The maximum atomic E-state index is 2.28. The Bertz CT molecular complexity index is 28.5. The van der Waals surface area contributed by atoms with Gasteiger partial charge in [-0.2, -0.15) is 0 Å². The number of rotatable bonds is 1. The van der Waals surface area contributed by atoms with Gasteiger partial charge in [-0.3, -0.25) is 0 Å². The molecule has 0 rings (SSSR count). The molecule has 0 amide bonds. The maximum absolute atomic E-state index is 2.28. The van der Waals surface area contributed by atoms with Crippen LogP contribution in [-0.4, -0.2) is 16.4 Å². The molecule has 0 atom stereocenters. The van der Waals surface area contributed by atoms with Gasteiger partial charge in [0.1, 0.15) is 0 Å². The summed E-state index contributed by atoms with van der Waals surface area (Å²) in [6.45, 7) is 4.39. The van der Waals surface area contributed by atoms with E-state index >= 15 is 0 Å². The van der Waals surface area contributed by atoms with Crippen LogP contribution in [0.4, 0.5) is 0 Å². The average molecular weight is 253 g/mol. The van der Waals surface area contributed by atoms with E-state index < -0.39 is 0 Å². The van der Waals surface area contributed by atoms with Crippen LogP contribution < -0.4 is 0 Å². The Morgan fingerprint density at radius 3 is 1.67 bits per heavy atom. The van der Waals surface area contributed by atoms with E-state index in [4.69, 9.17) is 0 Å². The summed E-state index contributed by atoms with van der Waals surface area (Å²) in [5, 5.41) is 0. The van der Waals surface area contributed by atoms with E-state index in [0.717, 1.165) is 6.04 Å². The van der Waals surface area contributed by atoms with E-state index in [1.807, 2.05) is 0 Å². The fourth-order valence-corrected chi connectivity index (χ4v) is 0. The summed E-state index contributed by atoms with van der Waals surface area (Å²) in [6.07, 6.45) is 0. The third kappa shape index (κ3) is 2.91. The van der Waals surface area contributed by atoms with Gasteiger partial charge in [-0.05, 0) is 0 Å². The van der Waals surface area contributed by atoms with Gasteiger partial charge in [0.25, 0.3) is 0 Å². The molecule has 0 saturated heterocycles. The molecular formula is C4H10NTa. The standard InChI is InChI=1S/C4H10N.Ta/c1-4(2)5-3;/h4H,1-3H3;/q-1;+1. The zero-order valence-electron chi connectivity index (χ0n) is 4.47. The predicted octanol–water partition coefficient (Wildman–Crippen LogP) is 0.788. The van der Waals surface area contributed by atoms with E-state index in [0.29, 0.717) is 0 Å². The second-order valence-corrected chi connectivity index (χ2v) is 3.93. The first-order valence-corrected chi connectivity index (χ1v) is 3.50. The van der Waals surface area contributed by atoms with Crippen LogP contribution in [0.3, 0.4) is 0 Å². The molecule has 0 aromatic carbocycles. The molecule has 2 heteroatoms. The predicted molar refractivity (Wildman–Crippen MR) is 22.9 cm³/mol. The topological polar surface area (TPSA) is 3.24 Å². The van der Waals surface area contributed by atoms with E-state index in [1.165, 1.54) is 21.3 Å². The van der Waals surface area contributed by atoms with Gasteiger partial charge < -0.3 is 0 Å². The van der Waals surface area contributed by atoms with Crippen molar-refractivity contribution in [1.82, 2.24) is 3.30 Å². The molecule has 6 heavy (non-hydrogen) atoms. The first-order chi connectivity index (χ1) is 2.64. The molecule has 0 aliphatic heterocycles. The Labute approximate surface area is 52.0 Å². The number of hydrogen-bond donors (Lipinski definition) is 0. The van der Waals surface area contributed by atoms with Gasteiger partial charge in [0, 0.05) is 0 Å². The SMILES string of the molecule is CC(C)[N](C)[Ta]. The summed E-state index contributed by atoms with van der Waals surface area (Å²) in [4.78, 5) is 0. The fourth-order valence-electron chi connectivity index (χ4n) is 0. The van der Waals surface area contributed by atoms with Crippen LogP contribution in [0.15, 0.2) is 0 Å². The van der Waals surface area contributed by atoms with Crippen LogP contribution in [0.5, 0.6) is 0 Å². The Hall–Kier alpha value is 0.700. The molecule has 0 aromatic heterocycles. The summed E-state index contributed by atoms with van der Waals surface area (Å²) in [7, 11) is 2.12. The van der Waals surface area contributed by atoms with Crippen LogP contribution in [0.2, 0.25) is 0 Å². The molecule has 0 bridgehead atoms. The van der Waals surface area contributed by atoms with E-state index in [1.54, 1.807) is 0 Å². The van der Waals surface area contributed by atoms with Crippen LogP contribution >= 0.6 is 0 Å². The van der Waals surface area contributed by atoms with Crippen molar-refractivity contribution >= 4 is 0 Å². The monoisotopic (exact) mass is 253 g/mol. The molecule has 0 aromatic rings. The van der Waals surface area contributed by atoms with Crippen LogP contribution in [0.25, 0.3) is 0 Å². The van der Waals surface area contributed by atoms with E-state index in [9.17, 15) is 0 Å². The van der Waals surface area contributed by atoms with Crippen molar-refractivity contribution in [2.24, 2.45) is 0 Å². The summed E-state index contributed by atoms with van der Waals surface area (Å²) >= 11 is 1.36. The molecule has 0 saturated carbocycles. The van der Waals surface area contributed by atoms with Crippen molar-refractivity contribution in [3.8, 4) is 0 Å². The first-order valence-electron chi connectivity index (χ1n) is 2.06. The number of nitrogens with zero attached hydrogens (tertiary/aromatic N) is 1. The van der Waals surface area contributed by atoms with Crippen molar-refractivity contribution in [2.75, 3.05) is 7.05 Å². The van der Waals surface area contributed by atoms with Crippen molar-refractivity contribution in [2.45, 2.75) is 19.9 Å². The van der Waals surface area contributed by atoms with E-state index in [-0.39, 0.29) is 0 Å². The minimum atomic E-state index is 0.735. The summed E-state index contributed by atoms with van der Waals surface area (Å²) < 4.78 is 2.28. The second kappa shape index (κ2) is 2.81. The third-order valence-electron chi connectivity index (χ3n) is 0.747. The van der Waals surface area contributed by atoms with Crippen LogP contribution in [0, 0.1) is 0 Å². The average Bonchev–Trinajstić information content (AvgIpc) is 1.36. The quantitative estimate of drug-likeness (QED) is 0.667. The summed E-state index contributed by atoms with van der Waals surface area (Å²) in [5.41, 5.74) is 0. The van der Waals surface area contributed by atoms with Gasteiger partial charge in [-0.1, -0.05) is 0 Å². The minimum absolute atomic E-state index is 0.735. The second-order valence-electron chi connectivity index (χ2n) is 1.67. The van der Waals surface area contributed by atoms with Crippen LogP contribution in [-0.2, 0) is 21.3 Å². The van der Waals surface area contributed by atoms with Crippen molar-refractivity contribution in [3.63, 3.8) is 0 Å². The van der Waals surface area contributed by atoms with Crippen molar-refractivity contribution in [3.05, 3.63) is 0 Å². The Kier molecular flexibility index (Phi) is 3.13. The zero-order valence-corrected chi connectivity index (χ0v) is 7.69. The van der Waals surface area contributed by atoms with Crippen LogP contribution in [0.1, 0.15) is 13.8 Å². The van der Waals surface area contributed by atoms with Gasteiger partial charge in [-0.15, -0.1) is 0 Å². The Morgan fingerprint density at radius 1 is 1.50 bits per heavy atom. The summed E-state index contributed by atoms with van der Waals surface area (Å²) in [6, 6.07) is 0.735. The Morgan fingerprint density at radius 2 is 1.67 bits per heavy atom. The van der Waals surface area contributed by atoms with Crippen molar-refractivity contribution in [1.29, 1.82) is 0 Å².